The highest BCUT2D eigenvalue weighted by Gasteiger charge is 2.19. The minimum absolute atomic E-state index is 0.0143. The largest absolute Gasteiger partial charge is 0.444 e. The number of oxazole rings is 1. The number of aromatic nitrogens is 1. The van der Waals surface area contributed by atoms with Crippen LogP contribution in [0.4, 0.5) is 5.69 Å². The highest BCUT2D eigenvalue weighted by atomic mass is 32.2. The number of anilines is 1. The maximum Gasteiger partial charge on any atom is 0.242 e. The minimum Gasteiger partial charge on any atom is -0.444 e. The van der Waals surface area contributed by atoms with E-state index in [1.54, 1.807) is 13.0 Å². The molecule has 0 radical (unpaired) electrons. The molecule has 0 aliphatic carbocycles. The molecule has 0 fully saturated rings. The fourth-order valence-corrected chi connectivity index (χ4v) is 3.50. The zero-order valence-corrected chi connectivity index (χ0v) is 16.7. The van der Waals surface area contributed by atoms with Crippen molar-refractivity contribution in [1.82, 2.24) is 9.29 Å². The Bertz CT molecular complexity index is 1090. The van der Waals surface area contributed by atoms with Crippen LogP contribution in [-0.2, 0) is 21.2 Å². The van der Waals surface area contributed by atoms with Crippen LogP contribution in [0.15, 0.2) is 64.1 Å². The number of hydrogen-bond acceptors (Lipinski definition) is 5. The first kappa shape index (κ1) is 19.8. The molecule has 2 aromatic carbocycles. The first-order valence-electron chi connectivity index (χ1n) is 8.60. The highest BCUT2D eigenvalue weighted by molar-refractivity contribution is 7.89. The van der Waals surface area contributed by atoms with E-state index >= 15 is 0 Å². The third-order valence-electron chi connectivity index (χ3n) is 4.18. The molecule has 0 atom stereocenters. The molecule has 0 aliphatic heterocycles. The molecular formula is C20H21N3O4S. The maximum absolute atomic E-state index is 12.4. The number of nitrogens with zero attached hydrogens (tertiary/aromatic N) is 2. The van der Waals surface area contributed by atoms with Crippen molar-refractivity contribution in [1.29, 1.82) is 0 Å². The van der Waals surface area contributed by atoms with Crippen molar-refractivity contribution in [2.24, 2.45) is 0 Å². The fraction of sp³-hybridized carbons (Fsp3) is 0.200. The van der Waals surface area contributed by atoms with Crippen molar-refractivity contribution in [2.75, 3.05) is 19.4 Å². The zero-order valence-electron chi connectivity index (χ0n) is 15.8. The van der Waals surface area contributed by atoms with Crippen LogP contribution in [0, 0.1) is 6.92 Å². The summed E-state index contributed by atoms with van der Waals surface area (Å²) in [6.45, 7) is 1.80. The average molecular weight is 399 g/mol. The van der Waals surface area contributed by atoms with Crippen LogP contribution >= 0.6 is 0 Å². The van der Waals surface area contributed by atoms with Gasteiger partial charge in [-0.05, 0) is 36.8 Å². The molecule has 0 spiro atoms. The number of carbonyl (C=O) groups excluding carboxylic acids is 1. The summed E-state index contributed by atoms with van der Waals surface area (Å²) in [6.07, 6.45) is 1.46. The molecule has 8 heteroatoms. The van der Waals surface area contributed by atoms with Crippen molar-refractivity contribution in [3.63, 3.8) is 0 Å². The Morgan fingerprint density at radius 1 is 1.14 bits per heavy atom. The second kappa shape index (κ2) is 7.95. The lowest BCUT2D eigenvalue weighted by molar-refractivity contribution is -0.115. The molecule has 0 saturated heterocycles. The third kappa shape index (κ3) is 4.29. The standard InChI is InChI=1S/C20H21N3O4S/c1-14-9-10-17(28(25,26)23(2)3)12-18(14)22-19(24)11-16-13-27-20(21-16)15-7-5-4-6-8-15/h4-10,12-13H,11H2,1-3H3,(H,22,24). The predicted octanol–water partition coefficient (Wildman–Crippen LogP) is 3.08. The van der Waals surface area contributed by atoms with Crippen molar-refractivity contribution >= 4 is 21.6 Å². The molecular weight excluding hydrogens is 378 g/mol. The summed E-state index contributed by atoms with van der Waals surface area (Å²) in [5, 5.41) is 2.76. The highest BCUT2D eigenvalue weighted by Crippen LogP contribution is 2.23. The van der Waals surface area contributed by atoms with Crippen LogP contribution in [0.3, 0.4) is 0 Å². The van der Waals surface area contributed by atoms with E-state index in [1.165, 1.54) is 32.5 Å². The molecule has 0 aliphatic rings. The van der Waals surface area contributed by atoms with E-state index < -0.39 is 10.0 Å². The molecule has 1 heterocycles. The smallest absolute Gasteiger partial charge is 0.242 e. The minimum atomic E-state index is -3.58. The van der Waals surface area contributed by atoms with Crippen molar-refractivity contribution < 1.29 is 17.6 Å². The Balaban J connectivity index is 1.74. The van der Waals surface area contributed by atoms with Crippen molar-refractivity contribution in [3.8, 4) is 11.5 Å². The zero-order chi connectivity index (χ0) is 20.3. The van der Waals surface area contributed by atoms with Gasteiger partial charge in [-0.2, -0.15) is 0 Å². The molecule has 28 heavy (non-hydrogen) atoms. The van der Waals surface area contributed by atoms with Gasteiger partial charge in [0, 0.05) is 25.3 Å². The second-order valence-corrected chi connectivity index (χ2v) is 8.65. The van der Waals surface area contributed by atoms with Crippen LogP contribution in [0.25, 0.3) is 11.5 Å². The second-order valence-electron chi connectivity index (χ2n) is 6.50. The Labute approximate surface area is 164 Å². The Morgan fingerprint density at radius 2 is 1.86 bits per heavy atom. The number of amides is 1. The van der Waals surface area contributed by atoms with Gasteiger partial charge in [0.2, 0.25) is 21.8 Å². The third-order valence-corrected chi connectivity index (χ3v) is 5.99. The average Bonchev–Trinajstić information content (AvgIpc) is 3.12. The van der Waals surface area contributed by atoms with Gasteiger partial charge in [-0.15, -0.1) is 0 Å². The van der Waals surface area contributed by atoms with Gasteiger partial charge >= 0.3 is 0 Å². The fourth-order valence-electron chi connectivity index (χ4n) is 2.57. The summed E-state index contributed by atoms with van der Waals surface area (Å²) in [5.74, 6) is 0.133. The normalized spacial score (nSPS) is 11.6. The van der Waals surface area contributed by atoms with Gasteiger partial charge in [0.1, 0.15) is 6.26 Å². The van der Waals surface area contributed by atoms with Gasteiger partial charge in [-0.25, -0.2) is 17.7 Å². The van der Waals surface area contributed by atoms with Crippen LogP contribution in [-0.4, -0.2) is 37.7 Å². The Kier molecular flexibility index (Phi) is 5.62. The van der Waals surface area contributed by atoms with Crippen molar-refractivity contribution in [2.45, 2.75) is 18.2 Å². The number of nitrogens with one attached hydrogen (secondary N) is 1. The van der Waals surface area contributed by atoms with Gasteiger partial charge in [-0.1, -0.05) is 24.3 Å². The quantitative estimate of drug-likeness (QED) is 0.688. The van der Waals surface area contributed by atoms with Crippen LogP contribution in [0.5, 0.6) is 0 Å². The lowest BCUT2D eigenvalue weighted by Crippen LogP contribution is -2.22. The molecule has 1 N–H and O–H groups in total. The van der Waals surface area contributed by atoms with Gasteiger partial charge < -0.3 is 9.73 Å². The molecule has 1 aromatic heterocycles. The van der Waals surface area contributed by atoms with Crippen LogP contribution < -0.4 is 5.32 Å². The Hall–Kier alpha value is -2.97. The van der Waals surface area contributed by atoms with Gasteiger partial charge in [-0.3, -0.25) is 4.79 Å². The molecule has 0 bridgehead atoms. The van der Waals surface area contributed by atoms with E-state index in [4.69, 9.17) is 4.42 Å². The van der Waals surface area contributed by atoms with E-state index in [-0.39, 0.29) is 17.2 Å². The molecule has 3 aromatic rings. The van der Waals surface area contributed by atoms with E-state index in [9.17, 15) is 13.2 Å². The number of benzene rings is 2. The summed E-state index contributed by atoms with van der Waals surface area (Å²) in [4.78, 5) is 16.9. The van der Waals surface area contributed by atoms with Gasteiger partial charge in [0.05, 0.1) is 17.0 Å². The summed E-state index contributed by atoms with van der Waals surface area (Å²) in [7, 11) is -0.662. The molecule has 7 nitrogen and oxygen atoms in total. The van der Waals surface area contributed by atoms with Crippen LogP contribution in [0.2, 0.25) is 0 Å². The van der Waals surface area contributed by atoms with E-state index in [2.05, 4.69) is 10.3 Å². The number of sulfonamides is 1. The van der Waals surface area contributed by atoms with E-state index in [0.29, 0.717) is 17.3 Å². The topological polar surface area (TPSA) is 92.5 Å². The first-order chi connectivity index (χ1) is 13.3. The van der Waals surface area contributed by atoms with Crippen LogP contribution in [0.1, 0.15) is 11.3 Å². The number of aryl methyl sites for hydroxylation is 1. The van der Waals surface area contributed by atoms with Crippen molar-refractivity contribution in [3.05, 3.63) is 66.1 Å². The Morgan fingerprint density at radius 3 is 2.54 bits per heavy atom. The van der Waals surface area contributed by atoms with Gasteiger partial charge in [0.25, 0.3) is 0 Å². The number of rotatable bonds is 6. The summed E-state index contributed by atoms with van der Waals surface area (Å²) in [6, 6.07) is 14.0. The molecule has 3 rings (SSSR count). The molecule has 0 unspecified atom stereocenters. The lowest BCUT2D eigenvalue weighted by atomic mass is 10.2. The number of carbonyl (C=O) groups is 1. The molecule has 0 saturated carbocycles. The molecule has 146 valence electrons. The number of hydrogen-bond donors (Lipinski definition) is 1. The van der Waals surface area contributed by atoms with Gasteiger partial charge in [0.15, 0.2) is 0 Å². The SMILES string of the molecule is Cc1ccc(S(=O)(=O)N(C)C)cc1NC(=O)Cc1coc(-c2ccccc2)n1. The first-order valence-corrected chi connectivity index (χ1v) is 10.0. The van der Waals surface area contributed by atoms with E-state index in [0.717, 1.165) is 15.4 Å². The summed E-state index contributed by atoms with van der Waals surface area (Å²) in [5.41, 5.74) is 2.52. The summed E-state index contributed by atoms with van der Waals surface area (Å²) >= 11 is 0. The van der Waals surface area contributed by atoms with E-state index in [1.807, 2.05) is 30.3 Å². The molecule has 1 amide bonds. The summed E-state index contributed by atoms with van der Waals surface area (Å²) < 4.78 is 31.2. The lowest BCUT2D eigenvalue weighted by Gasteiger charge is -2.14. The monoisotopic (exact) mass is 399 g/mol. The maximum atomic E-state index is 12.4. The predicted molar refractivity (Wildman–Crippen MR) is 106 cm³/mol.